The van der Waals surface area contributed by atoms with Crippen molar-refractivity contribution in [2.24, 2.45) is 0 Å². The lowest BCUT2D eigenvalue weighted by molar-refractivity contribution is 0.0692. The molecule has 0 radical (unpaired) electrons. The van der Waals surface area contributed by atoms with E-state index in [-0.39, 0.29) is 22.4 Å². The van der Waals surface area contributed by atoms with E-state index in [0.717, 1.165) is 6.42 Å². The largest absolute Gasteiger partial charge is 0.507 e. The summed E-state index contributed by atoms with van der Waals surface area (Å²) in [5.74, 6) is -1.51. The molecule has 114 valence electrons. The number of benzene rings is 2. The number of rotatable bonds is 6. The lowest BCUT2D eigenvalue weighted by Crippen LogP contribution is -2.09. The molecule has 22 heavy (non-hydrogen) atoms. The van der Waals surface area contributed by atoms with Gasteiger partial charge in [0.1, 0.15) is 11.5 Å². The minimum atomic E-state index is -1.19. The molecular weight excluding hydrogens is 284 g/mol. The van der Waals surface area contributed by atoms with Crippen LogP contribution < -0.4 is 4.74 Å². The number of aromatic carboxylic acids is 1. The number of phenolic OH excluding ortho intramolecular Hbond substituents is 1. The Kier molecular flexibility index (Phi) is 4.78. The number of carboxylic acid groups (broad SMARTS) is 1. The highest BCUT2D eigenvalue weighted by Gasteiger charge is 2.20. The molecule has 0 atom stereocenters. The van der Waals surface area contributed by atoms with Gasteiger partial charge >= 0.3 is 5.97 Å². The van der Waals surface area contributed by atoms with Crippen molar-refractivity contribution in [3.63, 3.8) is 0 Å². The summed E-state index contributed by atoms with van der Waals surface area (Å²) >= 11 is 0. The van der Waals surface area contributed by atoms with Crippen molar-refractivity contribution >= 4 is 11.8 Å². The molecule has 5 nitrogen and oxygen atoms in total. The second kappa shape index (κ2) is 6.76. The molecule has 0 unspecified atom stereocenters. The standard InChI is InChI=1S/C17H16O5/c1-2-9-22-11-7-8-14(15(18)10-11)16(19)12-5-3-4-6-13(12)17(20)21/h3-8,10,18H,2,9H2,1H3,(H,20,21). The molecule has 0 aliphatic heterocycles. The van der Waals surface area contributed by atoms with Gasteiger partial charge in [0.15, 0.2) is 5.78 Å². The quantitative estimate of drug-likeness (QED) is 0.801. The third-order valence-electron chi connectivity index (χ3n) is 3.09. The zero-order valence-corrected chi connectivity index (χ0v) is 12.1. The van der Waals surface area contributed by atoms with Crippen LogP contribution in [-0.2, 0) is 0 Å². The van der Waals surface area contributed by atoms with Gasteiger partial charge in [0, 0.05) is 11.6 Å². The molecule has 0 aliphatic rings. The maximum atomic E-state index is 12.5. The highest BCUT2D eigenvalue weighted by molar-refractivity contribution is 6.15. The lowest BCUT2D eigenvalue weighted by Gasteiger charge is -2.09. The van der Waals surface area contributed by atoms with Crippen LogP contribution in [0.15, 0.2) is 42.5 Å². The Morgan fingerprint density at radius 2 is 1.73 bits per heavy atom. The molecule has 0 aliphatic carbocycles. The van der Waals surface area contributed by atoms with Crippen LogP contribution in [0, 0.1) is 0 Å². The van der Waals surface area contributed by atoms with E-state index in [1.165, 1.54) is 24.3 Å². The third-order valence-corrected chi connectivity index (χ3v) is 3.09. The topological polar surface area (TPSA) is 83.8 Å². The first kappa shape index (κ1) is 15.6. The highest BCUT2D eigenvalue weighted by atomic mass is 16.5. The zero-order chi connectivity index (χ0) is 16.1. The molecule has 0 fully saturated rings. The molecule has 0 saturated carbocycles. The first-order valence-electron chi connectivity index (χ1n) is 6.87. The number of carboxylic acids is 1. The summed E-state index contributed by atoms with van der Waals surface area (Å²) in [7, 11) is 0. The van der Waals surface area contributed by atoms with Crippen LogP contribution in [0.5, 0.6) is 11.5 Å². The van der Waals surface area contributed by atoms with E-state index in [1.54, 1.807) is 18.2 Å². The first-order chi connectivity index (χ1) is 10.5. The SMILES string of the molecule is CCCOc1ccc(C(=O)c2ccccc2C(=O)O)c(O)c1. The van der Waals surface area contributed by atoms with Gasteiger partial charge in [0.2, 0.25) is 0 Å². The van der Waals surface area contributed by atoms with E-state index in [0.29, 0.717) is 12.4 Å². The highest BCUT2D eigenvalue weighted by Crippen LogP contribution is 2.27. The van der Waals surface area contributed by atoms with Gasteiger partial charge in [-0.15, -0.1) is 0 Å². The number of ether oxygens (including phenoxy) is 1. The first-order valence-corrected chi connectivity index (χ1v) is 6.87. The zero-order valence-electron chi connectivity index (χ0n) is 12.1. The van der Waals surface area contributed by atoms with Gasteiger partial charge in [-0.2, -0.15) is 0 Å². The van der Waals surface area contributed by atoms with E-state index >= 15 is 0 Å². The van der Waals surface area contributed by atoms with E-state index in [1.807, 2.05) is 6.92 Å². The van der Waals surface area contributed by atoms with Crippen molar-refractivity contribution in [3.8, 4) is 11.5 Å². The number of carbonyl (C=O) groups is 2. The Morgan fingerprint density at radius 1 is 1.05 bits per heavy atom. The fourth-order valence-corrected chi connectivity index (χ4v) is 2.03. The molecule has 0 heterocycles. The smallest absolute Gasteiger partial charge is 0.336 e. The summed E-state index contributed by atoms with van der Waals surface area (Å²) in [6.07, 6.45) is 0.827. The molecule has 2 N–H and O–H groups in total. The molecule has 2 rings (SSSR count). The van der Waals surface area contributed by atoms with Crippen molar-refractivity contribution in [3.05, 3.63) is 59.2 Å². The molecular formula is C17H16O5. The normalized spacial score (nSPS) is 10.2. The molecule has 0 saturated heterocycles. The lowest BCUT2D eigenvalue weighted by atomic mass is 9.97. The summed E-state index contributed by atoms with van der Waals surface area (Å²) in [6.45, 7) is 2.47. The fraction of sp³-hybridized carbons (Fsp3) is 0.176. The van der Waals surface area contributed by atoms with Crippen molar-refractivity contribution in [1.29, 1.82) is 0 Å². The Bertz CT molecular complexity index is 706. The fourth-order valence-electron chi connectivity index (χ4n) is 2.03. The Labute approximate surface area is 127 Å². The van der Waals surface area contributed by atoms with Gasteiger partial charge in [-0.1, -0.05) is 25.1 Å². The van der Waals surface area contributed by atoms with Gasteiger partial charge < -0.3 is 14.9 Å². The van der Waals surface area contributed by atoms with Gasteiger partial charge in [0.25, 0.3) is 0 Å². The molecule has 2 aromatic rings. The van der Waals surface area contributed by atoms with Crippen molar-refractivity contribution in [1.82, 2.24) is 0 Å². The Hall–Kier alpha value is -2.82. The van der Waals surface area contributed by atoms with E-state index in [2.05, 4.69) is 0 Å². The minimum absolute atomic E-state index is 0.0347. The molecule has 0 bridgehead atoms. The summed E-state index contributed by atoms with van der Waals surface area (Å²) in [4.78, 5) is 23.6. The second-order valence-corrected chi connectivity index (χ2v) is 4.71. The summed E-state index contributed by atoms with van der Waals surface area (Å²) < 4.78 is 5.37. The molecule has 0 spiro atoms. The molecule has 0 aromatic heterocycles. The van der Waals surface area contributed by atoms with Gasteiger partial charge in [-0.3, -0.25) is 4.79 Å². The van der Waals surface area contributed by atoms with Gasteiger partial charge in [-0.05, 0) is 24.6 Å². The van der Waals surface area contributed by atoms with Crippen LogP contribution in [0.2, 0.25) is 0 Å². The molecule has 5 heteroatoms. The van der Waals surface area contributed by atoms with Crippen LogP contribution in [0.4, 0.5) is 0 Å². The molecule has 2 aromatic carbocycles. The van der Waals surface area contributed by atoms with E-state index < -0.39 is 11.8 Å². The maximum absolute atomic E-state index is 12.5. The molecule has 0 amide bonds. The van der Waals surface area contributed by atoms with E-state index in [9.17, 15) is 14.7 Å². The summed E-state index contributed by atoms with van der Waals surface area (Å²) in [5.41, 5.74) is -0.0247. The number of hydrogen-bond donors (Lipinski definition) is 2. The minimum Gasteiger partial charge on any atom is -0.507 e. The number of aromatic hydroxyl groups is 1. The van der Waals surface area contributed by atoms with Crippen LogP contribution in [0.1, 0.15) is 39.6 Å². The van der Waals surface area contributed by atoms with Crippen LogP contribution >= 0.6 is 0 Å². The van der Waals surface area contributed by atoms with Gasteiger partial charge in [-0.25, -0.2) is 4.79 Å². The van der Waals surface area contributed by atoms with Crippen molar-refractivity contribution < 1.29 is 24.5 Å². The number of hydrogen-bond acceptors (Lipinski definition) is 4. The van der Waals surface area contributed by atoms with Crippen LogP contribution in [0.25, 0.3) is 0 Å². The van der Waals surface area contributed by atoms with Crippen molar-refractivity contribution in [2.75, 3.05) is 6.61 Å². The predicted molar refractivity (Wildman–Crippen MR) is 80.7 cm³/mol. The van der Waals surface area contributed by atoms with Crippen LogP contribution in [0.3, 0.4) is 0 Å². The summed E-state index contributed by atoms with van der Waals surface area (Å²) in [6, 6.07) is 10.3. The van der Waals surface area contributed by atoms with Crippen LogP contribution in [-0.4, -0.2) is 28.6 Å². The number of carbonyl (C=O) groups excluding carboxylic acids is 1. The average Bonchev–Trinajstić information content (AvgIpc) is 2.52. The summed E-state index contributed by atoms with van der Waals surface area (Å²) in [5, 5.41) is 19.1. The third kappa shape index (κ3) is 3.25. The Morgan fingerprint density at radius 3 is 2.32 bits per heavy atom. The van der Waals surface area contributed by atoms with E-state index in [4.69, 9.17) is 9.84 Å². The monoisotopic (exact) mass is 300 g/mol. The Balaban J connectivity index is 2.36. The maximum Gasteiger partial charge on any atom is 0.336 e. The number of ketones is 1. The number of phenols is 1. The average molecular weight is 300 g/mol. The second-order valence-electron chi connectivity index (χ2n) is 4.71. The van der Waals surface area contributed by atoms with Gasteiger partial charge in [0.05, 0.1) is 17.7 Å². The van der Waals surface area contributed by atoms with Crippen molar-refractivity contribution in [2.45, 2.75) is 13.3 Å². The predicted octanol–water partition coefficient (Wildman–Crippen LogP) is 3.11.